The van der Waals surface area contributed by atoms with Crippen molar-refractivity contribution in [3.05, 3.63) is 50.2 Å². The first-order valence-corrected chi connectivity index (χ1v) is 14.7. The van der Waals surface area contributed by atoms with Crippen LogP contribution in [-0.4, -0.2) is 83.3 Å². The molecule has 1 amide bonds. The minimum absolute atomic E-state index is 0.0443. The minimum atomic E-state index is -0.723. The second kappa shape index (κ2) is 16.9. The lowest BCUT2D eigenvalue weighted by Gasteiger charge is -2.47. The molecule has 236 valence electrons. The van der Waals surface area contributed by atoms with E-state index in [2.05, 4.69) is 41.0 Å². The Morgan fingerprint density at radius 2 is 1.81 bits per heavy atom. The summed E-state index contributed by atoms with van der Waals surface area (Å²) in [4.78, 5) is 42.1. The van der Waals surface area contributed by atoms with E-state index in [1.807, 2.05) is 12.1 Å². The van der Waals surface area contributed by atoms with Crippen molar-refractivity contribution in [2.45, 2.75) is 58.4 Å². The number of hydrogen-bond acceptors (Lipinski definition) is 10. The maximum Gasteiger partial charge on any atom is 0.351 e. The van der Waals surface area contributed by atoms with E-state index < -0.39 is 11.6 Å². The number of ether oxygens (including phenoxy) is 4. The van der Waals surface area contributed by atoms with Crippen LogP contribution >= 0.6 is 0 Å². The summed E-state index contributed by atoms with van der Waals surface area (Å²) in [6, 6.07) is 5.41. The summed E-state index contributed by atoms with van der Waals surface area (Å²) in [5.41, 5.74) is 9.67. The van der Waals surface area contributed by atoms with Crippen molar-refractivity contribution in [2.24, 2.45) is 5.11 Å². The summed E-state index contributed by atoms with van der Waals surface area (Å²) in [6.45, 7) is 12.2. The SMILES string of the molecule is CCOC(=O)c1cc2cc3c(cc2oc1=O)N(CCCC(=O)NCCOCCOCCOCCN=[N+]=[N-])C(C)(C)C[C@@H]3C. The van der Waals surface area contributed by atoms with Crippen LogP contribution in [0.15, 0.2) is 32.5 Å². The molecule has 13 nitrogen and oxygen atoms in total. The standard InChI is InChI=1S/C30H43N5O8/c1-5-42-28(37)24-18-22-17-23-21(2)20-30(3,4)35(25(23)19-26(22)43-29(24)38)10-6-7-27(36)32-8-11-39-13-15-41-16-14-40-12-9-33-34-31/h17-19,21H,5-16,20H2,1-4H3,(H,32,36)/t21-/m0/s1. The number of azide groups is 1. The van der Waals surface area contributed by atoms with Crippen LogP contribution in [0, 0.1) is 0 Å². The molecule has 1 aliphatic rings. The summed E-state index contributed by atoms with van der Waals surface area (Å²) >= 11 is 0. The molecule has 0 spiro atoms. The number of carbonyl (C=O) groups is 2. The van der Waals surface area contributed by atoms with Crippen LogP contribution in [0.1, 0.15) is 68.8 Å². The molecule has 1 aliphatic heterocycles. The zero-order chi connectivity index (χ0) is 31.2. The molecular weight excluding hydrogens is 558 g/mol. The van der Waals surface area contributed by atoms with Gasteiger partial charge in [0.2, 0.25) is 5.91 Å². The van der Waals surface area contributed by atoms with E-state index in [1.165, 1.54) is 0 Å². The maximum atomic E-state index is 12.5. The van der Waals surface area contributed by atoms with Crippen molar-refractivity contribution < 1.29 is 33.0 Å². The highest BCUT2D eigenvalue weighted by molar-refractivity contribution is 5.94. The predicted molar refractivity (Wildman–Crippen MR) is 162 cm³/mol. The van der Waals surface area contributed by atoms with Gasteiger partial charge in [0.25, 0.3) is 0 Å². The molecule has 0 fully saturated rings. The number of esters is 1. The third-order valence-electron chi connectivity index (χ3n) is 7.23. The zero-order valence-corrected chi connectivity index (χ0v) is 25.6. The first-order valence-electron chi connectivity index (χ1n) is 14.7. The van der Waals surface area contributed by atoms with Crippen LogP contribution in [0.4, 0.5) is 5.69 Å². The van der Waals surface area contributed by atoms with E-state index in [-0.39, 0.29) is 29.5 Å². The van der Waals surface area contributed by atoms with E-state index in [4.69, 9.17) is 28.9 Å². The van der Waals surface area contributed by atoms with Gasteiger partial charge in [-0.3, -0.25) is 4.79 Å². The molecule has 0 radical (unpaired) electrons. The molecule has 0 bridgehead atoms. The topological polar surface area (TPSA) is 165 Å². The lowest BCUT2D eigenvalue weighted by Crippen LogP contribution is -2.49. The van der Waals surface area contributed by atoms with Gasteiger partial charge in [-0.05, 0) is 62.8 Å². The number of nitrogens with zero attached hydrogens (tertiary/aromatic N) is 4. The Labute approximate surface area is 251 Å². The summed E-state index contributed by atoms with van der Waals surface area (Å²) in [6.07, 6.45) is 1.92. The third-order valence-corrected chi connectivity index (χ3v) is 7.23. The van der Waals surface area contributed by atoms with Crippen molar-refractivity contribution in [3.8, 4) is 0 Å². The Balaban J connectivity index is 1.46. The second-order valence-corrected chi connectivity index (χ2v) is 10.9. The zero-order valence-electron chi connectivity index (χ0n) is 25.6. The molecule has 1 aromatic carbocycles. The number of fused-ring (bicyclic) bond motifs is 2. The molecular formula is C30H43N5O8. The van der Waals surface area contributed by atoms with Crippen LogP contribution < -0.4 is 15.8 Å². The number of benzene rings is 1. The number of nitrogens with one attached hydrogen (secondary N) is 1. The Morgan fingerprint density at radius 3 is 2.51 bits per heavy atom. The van der Waals surface area contributed by atoms with Gasteiger partial charge in [0.05, 0.1) is 46.2 Å². The van der Waals surface area contributed by atoms with Crippen molar-refractivity contribution in [1.82, 2.24) is 5.32 Å². The largest absolute Gasteiger partial charge is 0.462 e. The van der Waals surface area contributed by atoms with Gasteiger partial charge in [0.1, 0.15) is 11.1 Å². The highest BCUT2D eigenvalue weighted by Gasteiger charge is 2.36. The summed E-state index contributed by atoms with van der Waals surface area (Å²) < 4.78 is 26.7. The average Bonchev–Trinajstić information content (AvgIpc) is 2.96. The van der Waals surface area contributed by atoms with Crippen LogP contribution in [0.3, 0.4) is 0 Å². The highest BCUT2D eigenvalue weighted by atomic mass is 16.5. The van der Waals surface area contributed by atoms with Gasteiger partial charge in [-0.15, -0.1) is 0 Å². The van der Waals surface area contributed by atoms with Crippen LogP contribution in [0.25, 0.3) is 21.4 Å². The molecule has 3 rings (SSSR count). The van der Waals surface area contributed by atoms with Gasteiger partial charge in [-0.25, -0.2) is 9.59 Å². The number of rotatable bonds is 18. The van der Waals surface area contributed by atoms with E-state index in [1.54, 1.807) is 13.0 Å². The van der Waals surface area contributed by atoms with Crippen molar-refractivity contribution >= 4 is 28.5 Å². The fourth-order valence-corrected chi connectivity index (χ4v) is 5.31. The van der Waals surface area contributed by atoms with Gasteiger partial charge in [-0.2, -0.15) is 0 Å². The Hall–Kier alpha value is -3.64. The Bertz CT molecular complexity index is 1340. The number of anilines is 1. The summed E-state index contributed by atoms with van der Waals surface area (Å²) in [5.74, 6) is -0.484. The van der Waals surface area contributed by atoms with Crippen molar-refractivity contribution in [1.29, 1.82) is 0 Å². The van der Waals surface area contributed by atoms with Gasteiger partial charge in [0, 0.05) is 53.6 Å². The van der Waals surface area contributed by atoms with Crippen LogP contribution in [0.5, 0.6) is 0 Å². The van der Waals surface area contributed by atoms with Crippen molar-refractivity contribution in [2.75, 3.05) is 70.8 Å². The van der Waals surface area contributed by atoms with Gasteiger partial charge >= 0.3 is 11.6 Å². The second-order valence-electron chi connectivity index (χ2n) is 10.9. The molecule has 1 aromatic heterocycles. The van der Waals surface area contributed by atoms with Crippen LogP contribution in [-0.2, 0) is 23.7 Å². The Kier molecular flexibility index (Phi) is 13.3. The van der Waals surface area contributed by atoms with Crippen molar-refractivity contribution in [3.63, 3.8) is 0 Å². The number of hydrogen-bond donors (Lipinski definition) is 1. The molecule has 0 unspecified atom stereocenters. The molecule has 0 saturated carbocycles. The fourth-order valence-electron chi connectivity index (χ4n) is 5.31. The number of carbonyl (C=O) groups excluding carboxylic acids is 2. The Morgan fingerprint density at radius 1 is 1.12 bits per heavy atom. The van der Waals surface area contributed by atoms with E-state index in [0.29, 0.717) is 83.1 Å². The lowest BCUT2D eigenvalue weighted by molar-refractivity contribution is -0.121. The molecule has 1 N–H and O–H groups in total. The van der Waals surface area contributed by atoms with Gasteiger partial charge < -0.3 is 33.6 Å². The van der Waals surface area contributed by atoms with Gasteiger partial charge in [0.15, 0.2) is 0 Å². The minimum Gasteiger partial charge on any atom is -0.462 e. The molecule has 2 aromatic rings. The molecule has 0 saturated heterocycles. The molecule has 0 aliphatic carbocycles. The quantitative estimate of drug-likeness (QED) is 0.0654. The molecule has 43 heavy (non-hydrogen) atoms. The molecule has 13 heteroatoms. The number of amides is 1. The van der Waals surface area contributed by atoms with Gasteiger partial charge in [-0.1, -0.05) is 12.0 Å². The monoisotopic (exact) mass is 601 g/mol. The molecule has 2 heterocycles. The van der Waals surface area contributed by atoms with E-state index in [0.717, 1.165) is 17.7 Å². The normalized spacial score (nSPS) is 15.5. The first-order chi connectivity index (χ1) is 20.7. The fraction of sp³-hybridized carbons (Fsp3) is 0.633. The lowest BCUT2D eigenvalue weighted by atomic mass is 9.79. The molecule has 1 atom stereocenters. The first kappa shape index (κ1) is 33.9. The summed E-state index contributed by atoms with van der Waals surface area (Å²) in [7, 11) is 0. The third kappa shape index (κ3) is 9.96. The summed E-state index contributed by atoms with van der Waals surface area (Å²) in [5, 5.41) is 6.94. The maximum absolute atomic E-state index is 12.5. The van der Waals surface area contributed by atoms with Crippen LogP contribution in [0.2, 0.25) is 0 Å². The highest BCUT2D eigenvalue weighted by Crippen LogP contribution is 2.45. The average molecular weight is 602 g/mol. The van der Waals surface area contributed by atoms with E-state index >= 15 is 0 Å². The van der Waals surface area contributed by atoms with E-state index in [9.17, 15) is 14.4 Å². The smallest absolute Gasteiger partial charge is 0.351 e. The predicted octanol–water partition coefficient (Wildman–Crippen LogP) is 4.32.